The first-order valence-corrected chi connectivity index (χ1v) is 12.5. The van der Waals surface area contributed by atoms with Crippen LogP contribution >= 0.6 is 22.9 Å². The van der Waals surface area contributed by atoms with Gasteiger partial charge in [-0.05, 0) is 55.0 Å². The van der Waals surface area contributed by atoms with Crippen LogP contribution in [0.25, 0.3) is 5.69 Å². The summed E-state index contributed by atoms with van der Waals surface area (Å²) in [7, 11) is 3.21. The number of thiophene rings is 1. The number of hydrogen-bond acceptors (Lipinski definition) is 7. The third kappa shape index (κ3) is 5.95. The molecule has 1 fully saturated rings. The number of ether oxygens (including phenoxy) is 2. The summed E-state index contributed by atoms with van der Waals surface area (Å²) < 4.78 is 12.8. The van der Waals surface area contributed by atoms with Crippen molar-refractivity contribution in [3.63, 3.8) is 0 Å². The summed E-state index contributed by atoms with van der Waals surface area (Å²) in [5.74, 6) is -0.491. The molecule has 1 saturated heterocycles. The first kappa shape index (κ1) is 26.2. The highest BCUT2D eigenvalue weighted by Crippen LogP contribution is 2.26. The Balaban J connectivity index is 1.44. The van der Waals surface area contributed by atoms with Crippen LogP contribution in [0.15, 0.2) is 53.5 Å². The van der Waals surface area contributed by atoms with Gasteiger partial charge in [0.15, 0.2) is 12.4 Å². The maximum absolute atomic E-state index is 13.0. The Morgan fingerprint density at radius 3 is 2.68 bits per heavy atom. The van der Waals surface area contributed by atoms with E-state index in [2.05, 4.69) is 5.32 Å². The Morgan fingerprint density at radius 2 is 2.00 bits per heavy atom. The number of aryl methyl sites for hydroxylation is 1. The molecule has 0 radical (unpaired) electrons. The van der Waals surface area contributed by atoms with Crippen LogP contribution in [0, 0.1) is 6.92 Å². The third-order valence-corrected chi connectivity index (χ3v) is 6.91. The van der Waals surface area contributed by atoms with Crippen molar-refractivity contribution < 1.29 is 23.9 Å². The molecule has 0 saturated carbocycles. The van der Waals surface area contributed by atoms with Crippen molar-refractivity contribution in [2.75, 3.05) is 38.7 Å². The topological polar surface area (TPSA) is 110 Å². The molecule has 10 nitrogen and oxygen atoms in total. The minimum Gasteiger partial charge on any atom is -0.478 e. The van der Waals surface area contributed by atoms with Crippen molar-refractivity contribution in [1.82, 2.24) is 14.8 Å². The van der Waals surface area contributed by atoms with Crippen LogP contribution in [0.3, 0.4) is 0 Å². The van der Waals surface area contributed by atoms with E-state index >= 15 is 0 Å². The van der Waals surface area contributed by atoms with E-state index in [0.29, 0.717) is 20.6 Å². The lowest BCUT2D eigenvalue weighted by atomic mass is 10.1. The molecule has 1 aliphatic rings. The predicted molar refractivity (Wildman–Crippen MR) is 140 cm³/mol. The maximum Gasteiger partial charge on any atom is 0.414 e. The SMILES string of the molecule is Cc1cc(N2C[C@H](CNC(=O)c3ccc(Cl)s3)OC2=O)ccc1-n1cccc(OCC(=O)N(C)C)c1=O. The van der Waals surface area contributed by atoms with Crippen LogP contribution in [-0.4, -0.2) is 67.3 Å². The standard InChI is InChI=1S/C25H25ClN4O6S/c1-15-11-16(30-13-17(36-25(30)34)12-27-23(32)20-8-9-21(26)37-20)6-7-18(15)29-10-4-5-19(24(29)33)35-14-22(31)28(2)3/h4-11,17H,12-14H2,1-3H3,(H,27,32)/t17-/m0/s1. The van der Waals surface area contributed by atoms with Crippen LogP contribution in [0.4, 0.5) is 10.5 Å². The van der Waals surface area contributed by atoms with E-state index in [1.54, 1.807) is 56.7 Å². The minimum absolute atomic E-state index is 0.0546. The molecule has 3 amide bonds. The average Bonchev–Trinajstić information content (AvgIpc) is 3.47. The number of benzene rings is 1. The van der Waals surface area contributed by atoms with Gasteiger partial charge in [-0.1, -0.05) is 11.6 Å². The van der Waals surface area contributed by atoms with Crippen molar-refractivity contribution in [1.29, 1.82) is 0 Å². The van der Waals surface area contributed by atoms with Gasteiger partial charge in [0, 0.05) is 26.0 Å². The molecule has 1 N–H and O–H groups in total. The van der Waals surface area contributed by atoms with E-state index in [1.165, 1.54) is 31.8 Å². The number of carbonyl (C=O) groups excluding carboxylic acids is 3. The molecule has 0 bridgehead atoms. The summed E-state index contributed by atoms with van der Waals surface area (Å²) in [6.45, 7) is 1.99. The molecule has 2 aromatic heterocycles. The molecule has 12 heteroatoms. The van der Waals surface area contributed by atoms with Gasteiger partial charge in [-0.25, -0.2) is 4.79 Å². The quantitative estimate of drug-likeness (QED) is 0.467. The summed E-state index contributed by atoms with van der Waals surface area (Å²) in [4.78, 5) is 52.9. The Labute approximate surface area is 222 Å². The zero-order valence-corrected chi connectivity index (χ0v) is 22.0. The predicted octanol–water partition coefficient (Wildman–Crippen LogP) is 3.08. The van der Waals surface area contributed by atoms with E-state index < -0.39 is 17.8 Å². The van der Waals surface area contributed by atoms with Gasteiger partial charge in [0.05, 0.1) is 28.0 Å². The monoisotopic (exact) mass is 544 g/mol. The van der Waals surface area contributed by atoms with Crippen LogP contribution < -0.4 is 20.5 Å². The number of amides is 3. The van der Waals surface area contributed by atoms with E-state index in [1.807, 2.05) is 6.92 Å². The number of anilines is 1. The van der Waals surface area contributed by atoms with Crippen molar-refractivity contribution in [2.24, 2.45) is 0 Å². The number of hydrogen-bond donors (Lipinski definition) is 1. The highest BCUT2D eigenvalue weighted by molar-refractivity contribution is 7.18. The maximum atomic E-state index is 13.0. The Hall–Kier alpha value is -3.83. The summed E-state index contributed by atoms with van der Waals surface area (Å²) in [5.41, 5.74) is 1.53. The molecule has 4 rings (SSSR count). The zero-order chi connectivity index (χ0) is 26.7. The lowest BCUT2D eigenvalue weighted by Gasteiger charge is -2.17. The number of carbonyl (C=O) groups is 3. The first-order chi connectivity index (χ1) is 17.6. The zero-order valence-electron chi connectivity index (χ0n) is 20.4. The van der Waals surface area contributed by atoms with Crippen molar-refractivity contribution in [3.8, 4) is 11.4 Å². The van der Waals surface area contributed by atoms with Crippen molar-refractivity contribution >= 4 is 46.5 Å². The molecule has 3 heterocycles. The van der Waals surface area contributed by atoms with Gasteiger partial charge >= 0.3 is 6.09 Å². The first-order valence-electron chi connectivity index (χ1n) is 11.3. The van der Waals surface area contributed by atoms with Gasteiger partial charge in [-0.15, -0.1) is 11.3 Å². The average molecular weight is 545 g/mol. The number of pyridine rings is 1. The lowest BCUT2D eigenvalue weighted by molar-refractivity contribution is -0.130. The van der Waals surface area contributed by atoms with Gasteiger partial charge in [0.25, 0.3) is 17.4 Å². The number of nitrogens with zero attached hydrogens (tertiary/aromatic N) is 3. The number of nitrogens with one attached hydrogen (secondary N) is 1. The normalized spacial score (nSPS) is 14.9. The second-order valence-electron chi connectivity index (χ2n) is 8.53. The molecular formula is C25H25ClN4O6S. The summed E-state index contributed by atoms with van der Waals surface area (Å²) >= 11 is 7.05. The second-order valence-corrected chi connectivity index (χ2v) is 10.2. The fourth-order valence-electron chi connectivity index (χ4n) is 3.69. The molecule has 0 aliphatic carbocycles. The Morgan fingerprint density at radius 1 is 1.22 bits per heavy atom. The smallest absolute Gasteiger partial charge is 0.414 e. The summed E-state index contributed by atoms with van der Waals surface area (Å²) in [6, 6.07) is 11.7. The fraction of sp³-hybridized carbons (Fsp3) is 0.280. The fourth-order valence-corrected chi connectivity index (χ4v) is 4.65. The van der Waals surface area contributed by atoms with Crippen molar-refractivity contribution in [2.45, 2.75) is 13.0 Å². The molecular weight excluding hydrogens is 520 g/mol. The van der Waals surface area contributed by atoms with E-state index in [4.69, 9.17) is 21.1 Å². The number of likely N-dealkylation sites (N-methyl/N-ethyl adjacent to an activating group) is 1. The molecule has 1 aromatic carbocycles. The molecule has 1 aliphatic heterocycles. The lowest BCUT2D eigenvalue weighted by Crippen LogP contribution is -2.34. The molecule has 1 atom stereocenters. The van der Waals surface area contributed by atoms with Gasteiger partial charge in [-0.3, -0.25) is 23.9 Å². The van der Waals surface area contributed by atoms with E-state index in [-0.39, 0.29) is 37.3 Å². The molecule has 3 aromatic rings. The number of cyclic esters (lactones) is 1. The Kier molecular flexibility index (Phi) is 7.84. The van der Waals surface area contributed by atoms with E-state index in [9.17, 15) is 19.2 Å². The number of rotatable bonds is 8. The van der Waals surface area contributed by atoms with Gasteiger partial charge < -0.3 is 19.7 Å². The minimum atomic E-state index is -0.524. The van der Waals surface area contributed by atoms with Crippen LogP contribution in [0.2, 0.25) is 4.34 Å². The van der Waals surface area contributed by atoms with Crippen LogP contribution in [0.5, 0.6) is 5.75 Å². The van der Waals surface area contributed by atoms with Crippen molar-refractivity contribution in [3.05, 3.63) is 73.8 Å². The summed E-state index contributed by atoms with van der Waals surface area (Å²) in [5, 5.41) is 2.76. The van der Waals surface area contributed by atoms with Gasteiger partial charge in [0.2, 0.25) is 0 Å². The Bertz CT molecular complexity index is 1400. The number of aromatic nitrogens is 1. The van der Waals surface area contributed by atoms with Crippen LogP contribution in [-0.2, 0) is 9.53 Å². The van der Waals surface area contributed by atoms with Gasteiger partial charge in [-0.2, -0.15) is 0 Å². The molecule has 194 valence electrons. The molecule has 0 unspecified atom stereocenters. The largest absolute Gasteiger partial charge is 0.478 e. The van der Waals surface area contributed by atoms with Gasteiger partial charge in [0.1, 0.15) is 6.10 Å². The number of halogens is 1. The van der Waals surface area contributed by atoms with Crippen LogP contribution in [0.1, 0.15) is 15.2 Å². The molecule has 37 heavy (non-hydrogen) atoms. The molecule has 0 spiro atoms. The summed E-state index contributed by atoms with van der Waals surface area (Å²) in [6.07, 6.45) is 0.561. The highest BCUT2D eigenvalue weighted by Gasteiger charge is 2.33. The second kappa shape index (κ2) is 11.1. The third-order valence-electron chi connectivity index (χ3n) is 5.68. The highest BCUT2D eigenvalue weighted by atomic mass is 35.5. The van der Waals surface area contributed by atoms with E-state index in [0.717, 1.165) is 5.56 Å².